The van der Waals surface area contributed by atoms with Gasteiger partial charge in [-0.25, -0.2) is 4.98 Å². The van der Waals surface area contributed by atoms with Crippen molar-refractivity contribution in [3.63, 3.8) is 0 Å². The molecular weight excluding hydrogens is 248 g/mol. The Bertz CT molecular complexity index is 536. The lowest BCUT2D eigenvalue weighted by Gasteiger charge is -2.13. The zero-order valence-electron chi connectivity index (χ0n) is 11.1. The predicted molar refractivity (Wildman–Crippen MR) is 75.4 cm³/mol. The molecule has 0 saturated heterocycles. The molecule has 4 heteroatoms. The zero-order chi connectivity index (χ0) is 13.1. The Kier molecular flexibility index (Phi) is 4.25. The maximum atomic E-state index is 5.85. The third kappa shape index (κ3) is 2.68. The number of methoxy groups -OCH3 is 1. The minimum atomic E-state index is 0.165. The van der Waals surface area contributed by atoms with Gasteiger partial charge in [0.05, 0.1) is 23.7 Å². The van der Waals surface area contributed by atoms with Gasteiger partial charge < -0.3 is 9.30 Å². The second-order valence-electron chi connectivity index (χ2n) is 4.62. The van der Waals surface area contributed by atoms with Gasteiger partial charge in [-0.3, -0.25) is 0 Å². The molecule has 0 aliphatic carbocycles. The number of aryl methyl sites for hydroxylation is 2. The van der Waals surface area contributed by atoms with Crippen LogP contribution in [0.2, 0.25) is 0 Å². The van der Waals surface area contributed by atoms with Gasteiger partial charge in [-0.1, -0.05) is 6.07 Å². The Morgan fingerprint density at radius 2 is 2.22 bits per heavy atom. The first kappa shape index (κ1) is 13.4. The largest absolute Gasteiger partial charge is 0.380 e. The van der Waals surface area contributed by atoms with E-state index in [1.807, 2.05) is 0 Å². The minimum Gasteiger partial charge on any atom is -0.380 e. The summed E-state index contributed by atoms with van der Waals surface area (Å²) in [6.07, 6.45) is 0.948. The van der Waals surface area contributed by atoms with Crippen LogP contribution >= 0.6 is 11.6 Å². The van der Waals surface area contributed by atoms with Crippen molar-refractivity contribution >= 4 is 22.6 Å². The lowest BCUT2D eigenvalue weighted by molar-refractivity contribution is 0.103. The highest BCUT2D eigenvalue weighted by Gasteiger charge is 2.12. The summed E-state index contributed by atoms with van der Waals surface area (Å²) >= 11 is 5.85. The molecule has 0 aliphatic heterocycles. The van der Waals surface area contributed by atoms with Crippen LogP contribution < -0.4 is 0 Å². The normalized spacial score (nSPS) is 13.1. The molecule has 1 heterocycles. The molecule has 1 unspecified atom stereocenters. The molecular formula is C14H19ClN2O. The number of ether oxygens (including phenoxy) is 1. The maximum absolute atomic E-state index is 5.85. The van der Waals surface area contributed by atoms with Gasteiger partial charge in [0.15, 0.2) is 0 Å². The molecule has 0 N–H and O–H groups in total. The number of nitrogens with zero attached hydrogens (tertiary/aromatic N) is 2. The lowest BCUT2D eigenvalue weighted by atomic mass is 10.2. The van der Waals surface area contributed by atoms with E-state index in [0.29, 0.717) is 5.88 Å². The number of halogens is 1. The van der Waals surface area contributed by atoms with Crippen LogP contribution in [0.15, 0.2) is 18.2 Å². The van der Waals surface area contributed by atoms with Gasteiger partial charge in [-0.05, 0) is 31.5 Å². The Labute approximate surface area is 113 Å². The van der Waals surface area contributed by atoms with Crippen LogP contribution in [0.3, 0.4) is 0 Å². The van der Waals surface area contributed by atoms with Gasteiger partial charge in [0, 0.05) is 19.4 Å². The number of hydrogen-bond donors (Lipinski definition) is 0. The number of alkyl halides is 1. The molecule has 0 amide bonds. The molecule has 0 fully saturated rings. The smallest absolute Gasteiger partial charge is 0.111 e. The molecule has 0 spiro atoms. The molecule has 3 nitrogen and oxygen atoms in total. The van der Waals surface area contributed by atoms with Crippen molar-refractivity contribution in [2.45, 2.75) is 32.9 Å². The zero-order valence-corrected chi connectivity index (χ0v) is 11.9. The van der Waals surface area contributed by atoms with E-state index in [9.17, 15) is 0 Å². The lowest BCUT2D eigenvalue weighted by Crippen LogP contribution is -2.17. The summed E-state index contributed by atoms with van der Waals surface area (Å²) in [6.45, 7) is 4.95. The summed E-state index contributed by atoms with van der Waals surface area (Å²) in [5, 5.41) is 0. The van der Waals surface area contributed by atoms with Gasteiger partial charge in [-0.2, -0.15) is 0 Å². The molecule has 0 saturated carbocycles. The monoisotopic (exact) mass is 266 g/mol. The molecule has 0 aliphatic rings. The highest BCUT2D eigenvalue weighted by molar-refractivity contribution is 6.17. The summed E-state index contributed by atoms with van der Waals surface area (Å²) in [6, 6.07) is 6.35. The summed E-state index contributed by atoms with van der Waals surface area (Å²) in [7, 11) is 1.73. The van der Waals surface area contributed by atoms with E-state index < -0.39 is 0 Å². The van der Waals surface area contributed by atoms with E-state index in [0.717, 1.165) is 29.8 Å². The van der Waals surface area contributed by atoms with Crippen LogP contribution in [0.1, 0.15) is 18.3 Å². The first-order valence-electron chi connectivity index (χ1n) is 6.20. The summed E-state index contributed by atoms with van der Waals surface area (Å²) in [5.74, 6) is 1.62. The predicted octanol–water partition coefficient (Wildman–Crippen LogP) is 3.16. The van der Waals surface area contributed by atoms with Crippen molar-refractivity contribution in [1.29, 1.82) is 0 Å². The molecule has 1 aromatic carbocycles. The fourth-order valence-corrected chi connectivity index (χ4v) is 2.27. The van der Waals surface area contributed by atoms with Gasteiger partial charge in [0.1, 0.15) is 5.82 Å². The quantitative estimate of drug-likeness (QED) is 0.778. The topological polar surface area (TPSA) is 27.1 Å². The van der Waals surface area contributed by atoms with E-state index in [1.165, 1.54) is 5.56 Å². The van der Waals surface area contributed by atoms with Crippen LogP contribution in [0, 0.1) is 6.92 Å². The van der Waals surface area contributed by atoms with E-state index in [4.69, 9.17) is 16.3 Å². The second-order valence-corrected chi connectivity index (χ2v) is 4.99. The standard InChI is InChI=1S/C14H19ClN2O/c1-10-4-5-13-12(8-10)16-14(6-7-15)17(13)9-11(2)18-3/h4-5,8,11H,6-7,9H2,1-3H3. The van der Waals surface area contributed by atoms with Crippen molar-refractivity contribution < 1.29 is 4.74 Å². The number of imidazole rings is 1. The van der Waals surface area contributed by atoms with Crippen LogP contribution in [-0.2, 0) is 17.7 Å². The highest BCUT2D eigenvalue weighted by Crippen LogP contribution is 2.19. The fraction of sp³-hybridized carbons (Fsp3) is 0.500. The van der Waals surface area contributed by atoms with Crippen LogP contribution in [0.25, 0.3) is 11.0 Å². The number of hydrogen-bond acceptors (Lipinski definition) is 2. The molecule has 1 atom stereocenters. The second kappa shape index (κ2) is 5.72. The molecule has 1 aromatic heterocycles. The molecule has 18 heavy (non-hydrogen) atoms. The number of aromatic nitrogens is 2. The van der Waals surface area contributed by atoms with Crippen molar-refractivity contribution in [2.24, 2.45) is 0 Å². The Morgan fingerprint density at radius 3 is 2.89 bits per heavy atom. The van der Waals surface area contributed by atoms with E-state index in [2.05, 4.69) is 41.6 Å². The first-order valence-corrected chi connectivity index (χ1v) is 6.73. The number of fused-ring (bicyclic) bond motifs is 1. The maximum Gasteiger partial charge on any atom is 0.111 e. The van der Waals surface area contributed by atoms with Crippen LogP contribution in [0.4, 0.5) is 0 Å². The Hall–Kier alpha value is -1.06. The number of benzene rings is 1. The minimum absolute atomic E-state index is 0.165. The van der Waals surface area contributed by atoms with Gasteiger partial charge in [-0.15, -0.1) is 11.6 Å². The van der Waals surface area contributed by atoms with Gasteiger partial charge in [0.2, 0.25) is 0 Å². The molecule has 2 aromatic rings. The molecule has 0 bridgehead atoms. The van der Waals surface area contributed by atoms with E-state index in [1.54, 1.807) is 7.11 Å². The number of rotatable bonds is 5. The van der Waals surface area contributed by atoms with Crippen LogP contribution in [0.5, 0.6) is 0 Å². The van der Waals surface area contributed by atoms with E-state index in [-0.39, 0.29) is 6.10 Å². The van der Waals surface area contributed by atoms with Crippen LogP contribution in [-0.4, -0.2) is 28.6 Å². The SMILES string of the molecule is COC(C)Cn1c(CCCl)nc2cc(C)ccc21. The van der Waals surface area contributed by atoms with Gasteiger partial charge in [0.25, 0.3) is 0 Å². The van der Waals surface area contributed by atoms with E-state index >= 15 is 0 Å². The Morgan fingerprint density at radius 1 is 1.44 bits per heavy atom. The summed E-state index contributed by atoms with van der Waals surface area (Å²) in [5.41, 5.74) is 3.42. The molecule has 0 radical (unpaired) electrons. The highest BCUT2D eigenvalue weighted by atomic mass is 35.5. The first-order chi connectivity index (χ1) is 8.65. The third-order valence-electron chi connectivity index (χ3n) is 3.14. The fourth-order valence-electron chi connectivity index (χ4n) is 2.10. The summed E-state index contributed by atoms with van der Waals surface area (Å²) in [4.78, 5) is 4.67. The third-order valence-corrected chi connectivity index (χ3v) is 3.33. The van der Waals surface area contributed by atoms with Gasteiger partial charge >= 0.3 is 0 Å². The van der Waals surface area contributed by atoms with Crippen molar-refractivity contribution in [3.05, 3.63) is 29.6 Å². The summed E-state index contributed by atoms with van der Waals surface area (Å²) < 4.78 is 7.56. The molecule has 2 rings (SSSR count). The van der Waals surface area contributed by atoms with Crippen molar-refractivity contribution in [3.8, 4) is 0 Å². The molecule has 98 valence electrons. The average molecular weight is 267 g/mol. The average Bonchev–Trinajstić information content (AvgIpc) is 2.67. The Balaban J connectivity index is 2.48. The van der Waals surface area contributed by atoms with Crippen molar-refractivity contribution in [1.82, 2.24) is 9.55 Å². The van der Waals surface area contributed by atoms with Crippen molar-refractivity contribution in [2.75, 3.05) is 13.0 Å².